The molecule has 72 valence electrons. The van der Waals surface area contributed by atoms with E-state index in [1.54, 1.807) is 0 Å². The van der Waals surface area contributed by atoms with Crippen LogP contribution < -0.4 is 0 Å². The van der Waals surface area contributed by atoms with Crippen molar-refractivity contribution in [2.24, 2.45) is 11.8 Å². The molecule has 1 saturated carbocycles. The van der Waals surface area contributed by atoms with Gasteiger partial charge in [-0.05, 0) is 17.9 Å². The Morgan fingerprint density at radius 3 is 2.64 bits per heavy atom. The van der Waals surface area contributed by atoms with E-state index < -0.39 is 5.97 Å². The maximum absolute atomic E-state index is 10.5. The van der Waals surface area contributed by atoms with Gasteiger partial charge in [0.1, 0.15) is 0 Å². The van der Waals surface area contributed by atoms with Crippen molar-refractivity contribution in [1.82, 2.24) is 0 Å². The Labute approximate surface area is 82.9 Å². The van der Waals surface area contributed by atoms with Gasteiger partial charge in [-0.2, -0.15) is 0 Å². The third kappa shape index (κ3) is 2.02. The van der Waals surface area contributed by atoms with Gasteiger partial charge in [-0.1, -0.05) is 42.5 Å². The number of carboxylic acid groups (broad SMARTS) is 1. The Hall–Kier alpha value is -1.57. The summed E-state index contributed by atoms with van der Waals surface area (Å²) < 4.78 is 0. The lowest BCUT2D eigenvalue weighted by molar-refractivity contribution is -0.138. The van der Waals surface area contributed by atoms with Gasteiger partial charge in [-0.25, -0.2) is 0 Å². The van der Waals surface area contributed by atoms with Crippen LogP contribution in [-0.4, -0.2) is 11.1 Å². The van der Waals surface area contributed by atoms with E-state index in [1.807, 2.05) is 42.5 Å². The number of carboxylic acids is 1. The first-order valence-electron chi connectivity index (χ1n) is 4.73. The molecule has 2 atom stereocenters. The summed E-state index contributed by atoms with van der Waals surface area (Å²) in [6.45, 7) is 0. The number of allylic oxidation sites excluding steroid dienone is 1. The van der Waals surface area contributed by atoms with Crippen molar-refractivity contribution in [1.29, 1.82) is 0 Å². The molecule has 0 heterocycles. The number of aliphatic carboxylic acids is 1. The summed E-state index contributed by atoms with van der Waals surface area (Å²) in [7, 11) is 0. The highest BCUT2D eigenvalue weighted by Gasteiger charge is 2.40. The number of carbonyl (C=O) groups is 1. The summed E-state index contributed by atoms with van der Waals surface area (Å²) in [5.74, 6) is -0.574. The van der Waals surface area contributed by atoms with Crippen LogP contribution in [0.15, 0.2) is 36.4 Å². The summed E-state index contributed by atoms with van der Waals surface area (Å²) in [6, 6.07) is 9.93. The predicted octanol–water partition coefficient (Wildman–Crippen LogP) is 2.42. The van der Waals surface area contributed by atoms with Crippen LogP contribution in [0.5, 0.6) is 0 Å². The van der Waals surface area contributed by atoms with Gasteiger partial charge in [-0.15, -0.1) is 0 Å². The molecule has 1 aliphatic rings. The molecule has 14 heavy (non-hydrogen) atoms. The molecule has 1 aromatic rings. The van der Waals surface area contributed by atoms with Gasteiger partial charge in [-0.3, -0.25) is 4.79 Å². The molecule has 2 rings (SSSR count). The zero-order valence-corrected chi connectivity index (χ0v) is 7.76. The Morgan fingerprint density at radius 1 is 1.36 bits per heavy atom. The molecule has 0 spiro atoms. The molecule has 0 bridgehead atoms. The lowest BCUT2D eigenvalue weighted by atomic mass is 10.2. The molecule has 2 heteroatoms. The van der Waals surface area contributed by atoms with E-state index in [2.05, 4.69) is 0 Å². The van der Waals surface area contributed by atoms with Crippen molar-refractivity contribution >= 4 is 12.0 Å². The van der Waals surface area contributed by atoms with Crippen LogP contribution >= 0.6 is 0 Å². The monoisotopic (exact) mass is 188 g/mol. The van der Waals surface area contributed by atoms with E-state index in [9.17, 15) is 4.79 Å². The second kappa shape index (κ2) is 3.66. The van der Waals surface area contributed by atoms with Crippen LogP contribution in [0.25, 0.3) is 6.08 Å². The first-order valence-corrected chi connectivity index (χ1v) is 4.73. The standard InChI is InChI=1S/C12H12O2/c13-12(14)11-8-10(11)7-6-9-4-2-1-3-5-9/h1-7,10-11H,8H2,(H,13,14)/b7-6-. The van der Waals surface area contributed by atoms with E-state index in [1.165, 1.54) is 0 Å². The van der Waals surface area contributed by atoms with Gasteiger partial charge in [0.25, 0.3) is 0 Å². The van der Waals surface area contributed by atoms with Crippen molar-refractivity contribution in [3.05, 3.63) is 42.0 Å². The lowest BCUT2D eigenvalue weighted by Crippen LogP contribution is -1.97. The van der Waals surface area contributed by atoms with Gasteiger partial charge in [0, 0.05) is 0 Å². The lowest BCUT2D eigenvalue weighted by Gasteiger charge is -1.90. The topological polar surface area (TPSA) is 37.3 Å². The Balaban J connectivity index is 1.94. The minimum absolute atomic E-state index is 0.144. The van der Waals surface area contributed by atoms with Crippen LogP contribution in [-0.2, 0) is 4.79 Å². The highest BCUT2D eigenvalue weighted by atomic mass is 16.4. The van der Waals surface area contributed by atoms with Crippen LogP contribution in [0.3, 0.4) is 0 Å². The molecule has 1 aliphatic carbocycles. The second-order valence-corrected chi connectivity index (χ2v) is 3.61. The van der Waals surface area contributed by atoms with E-state index in [-0.39, 0.29) is 11.8 Å². The van der Waals surface area contributed by atoms with Gasteiger partial charge < -0.3 is 5.11 Å². The minimum atomic E-state index is -0.673. The first-order chi connectivity index (χ1) is 6.77. The summed E-state index contributed by atoms with van der Waals surface area (Å²) in [5.41, 5.74) is 1.13. The molecular weight excluding hydrogens is 176 g/mol. The maximum atomic E-state index is 10.5. The van der Waals surface area contributed by atoms with E-state index in [4.69, 9.17) is 5.11 Å². The van der Waals surface area contributed by atoms with Gasteiger partial charge >= 0.3 is 5.97 Å². The van der Waals surface area contributed by atoms with Crippen molar-refractivity contribution in [2.75, 3.05) is 0 Å². The zero-order valence-electron chi connectivity index (χ0n) is 7.76. The number of hydrogen-bond acceptors (Lipinski definition) is 1. The number of benzene rings is 1. The summed E-state index contributed by atoms with van der Waals surface area (Å²) >= 11 is 0. The molecule has 0 saturated heterocycles. The van der Waals surface area contributed by atoms with Crippen LogP contribution in [0.2, 0.25) is 0 Å². The molecule has 1 aromatic carbocycles. The molecule has 2 unspecified atom stereocenters. The highest BCUT2D eigenvalue weighted by Crippen LogP contribution is 2.40. The van der Waals surface area contributed by atoms with E-state index in [0.29, 0.717) is 0 Å². The third-order valence-electron chi connectivity index (χ3n) is 2.49. The highest BCUT2D eigenvalue weighted by molar-refractivity contribution is 5.74. The summed E-state index contributed by atoms with van der Waals surface area (Å²) in [6.07, 6.45) is 4.78. The Bertz CT molecular complexity index is 354. The fourth-order valence-corrected chi connectivity index (χ4v) is 1.51. The molecular formula is C12H12O2. The fraction of sp³-hybridized carbons (Fsp3) is 0.250. The molecule has 1 N–H and O–H groups in total. The summed E-state index contributed by atoms with van der Waals surface area (Å²) in [4.78, 5) is 10.5. The quantitative estimate of drug-likeness (QED) is 0.790. The second-order valence-electron chi connectivity index (χ2n) is 3.61. The fourth-order valence-electron chi connectivity index (χ4n) is 1.51. The molecule has 2 nitrogen and oxygen atoms in total. The molecule has 0 amide bonds. The first kappa shape index (κ1) is 9.00. The van der Waals surface area contributed by atoms with Crippen molar-refractivity contribution in [3.63, 3.8) is 0 Å². The number of hydrogen-bond donors (Lipinski definition) is 1. The number of rotatable bonds is 3. The van der Waals surface area contributed by atoms with E-state index >= 15 is 0 Å². The average molecular weight is 188 g/mol. The van der Waals surface area contributed by atoms with Crippen molar-refractivity contribution in [3.8, 4) is 0 Å². The Morgan fingerprint density at radius 2 is 2.07 bits per heavy atom. The van der Waals surface area contributed by atoms with E-state index in [0.717, 1.165) is 12.0 Å². The van der Waals surface area contributed by atoms with Gasteiger partial charge in [0.2, 0.25) is 0 Å². The third-order valence-corrected chi connectivity index (χ3v) is 2.49. The normalized spacial score (nSPS) is 25.1. The average Bonchev–Trinajstić information content (AvgIpc) is 2.96. The van der Waals surface area contributed by atoms with Crippen LogP contribution in [0.1, 0.15) is 12.0 Å². The van der Waals surface area contributed by atoms with Gasteiger partial charge in [0.05, 0.1) is 5.92 Å². The van der Waals surface area contributed by atoms with Gasteiger partial charge in [0.15, 0.2) is 0 Å². The van der Waals surface area contributed by atoms with Crippen molar-refractivity contribution < 1.29 is 9.90 Å². The summed E-state index contributed by atoms with van der Waals surface area (Å²) in [5, 5.41) is 8.69. The van der Waals surface area contributed by atoms with Crippen molar-refractivity contribution in [2.45, 2.75) is 6.42 Å². The largest absolute Gasteiger partial charge is 0.481 e. The molecule has 1 fully saturated rings. The molecule has 0 aromatic heterocycles. The molecule has 0 aliphatic heterocycles. The maximum Gasteiger partial charge on any atom is 0.307 e. The smallest absolute Gasteiger partial charge is 0.307 e. The van der Waals surface area contributed by atoms with Crippen LogP contribution in [0.4, 0.5) is 0 Å². The SMILES string of the molecule is O=C(O)C1CC1/C=C\c1ccccc1. The predicted molar refractivity (Wildman–Crippen MR) is 54.7 cm³/mol. The Kier molecular flexibility index (Phi) is 2.35. The zero-order chi connectivity index (χ0) is 9.97. The molecule has 0 radical (unpaired) electrons. The minimum Gasteiger partial charge on any atom is -0.481 e. The van der Waals surface area contributed by atoms with Crippen LogP contribution in [0, 0.1) is 11.8 Å².